The smallest absolute Gasteiger partial charge is 0.227 e. The third-order valence-corrected chi connectivity index (χ3v) is 4.05. The molecule has 0 aliphatic carbocycles. The number of benzene rings is 1. The molecule has 1 amide bonds. The van der Waals surface area contributed by atoms with Crippen molar-refractivity contribution in [2.24, 2.45) is 0 Å². The van der Waals surface area contributed by atoms with Crippen LogP contribution in [0.4, 0.5) is 0 Å². The lowest BCUT2D eigenvalue weighted by atomic mass is 10.3. The lowest BCUT2D eigenvalue weighted by Crippen LogP contribution is -2.29. The first-order valence-corrected chi connectivity index (χ1v) is 7.59. The molecule has 1 aromatic carbocycles. The van der Waals surface area contributed by atoms with Crippen molar-refractivity contribution in [3.05, 3.63) is 41.7 Å². The van der Waals surface area contributed by atoms with Gasteiger partial charge >= 0.3 is 0 Å². The van der Waals surface area contributed by atoms with E-state index in [4.69, 9.17) is 0 Å². The standard InChI is InChI=1S/C15H14N4O2S/c1-10(20)9-16-14(21)8-15-18-12-4-3-11(7-13(12)22-15)19-6-2-5-17-19/h2-7H,8-9H2,1H3,(H,16,21). The summed E-state index contributed by atoms with van der Waals surface area (Å²) in [5.74, 6) is -0.261. The molecule has 0 spiro atoms. The van der Waals surface area contributed by atoms with E-state index in [1.807, 2.05) is 30.5 Å². The molecule has 0 aliphatic rings. The summed E-state index contributed by atoms with van der Waals surface area (Å²) in [6.45, 7) is 1.50. The van der Waals surface area contributed by atoms with Gasteiger partial charge in [0, 0.05) is 12.4 Å². The Labute approximate surface area is 130 Å². The van der Waals surface area contributed by atoms with Crippen LogP contribution < -0.4 is 5.32 Å². The third kappa shape index (κ3) is 3.20. The number of carbonyl (C=O) groups excluding carboxylic acids is 2. The van der Waals surface area contributed by atoms with Crippen LogP contribution in [0, 0.1) is 0 Å². The highest BCUT2D eigenvalue weighted by Gasteiger charge is 2.10. The number of aromatic nitrogens is 3. The second-order valence-electron chi connectivity index (χ2n) is 4.87. The van der Waals surface area contributed by atoms with E-state index >= 15 is 0 Å². The first kappa shape index (κ1) is 14.4. The summed E-state index contributed by atoms with van der Waals surface area (Å²) in [6, 6.07) is 7.72. The van der Waals surface area contributed by atoms with E-state index in [-0.39, 0.29) is 24.7 Å². The SMILES string of the molecule is CC(=O)CNC(=O)Cc1nc2ccc(-n3cccn3)cc2s1. The van der Waals surface area contributed by atoms with Crippen LogP contribution >= 0.6 is 11.3 Å². The molecule has 0 radical (unpaired) electrons. The van der Waals surface area contributed by atoms with Crippen LogP contribution in [0.5, 0.6) is 0 Å². The molecular weight excluding hydrogens is 300 g/mol. The molecule has 2 heterocycles. The van der Waals surface area contributed by atoms with Gasteiger partial charge in [0.1, 0.15) is 10.8 Å². The van der Waals surface area contributed by atoms with Crippen molar-refractivity contribution in [1.29, 1.82) is 0 Å². The highest BCUT2D eigenvalue weighted by Crippen LogP contribution is 2.24. The van der Waals surface area contributed by atoms with E-state index in [0.717, 1.165) is 20.9 Å². The fourth-order valence-corrected chi connectivity index (χ4v) is 3.02. The molecule has 2 aromatic heterocycles. The number of hydrogen-bond donors (Lipinski definition) is 1. The quantitative estimate of drug-likeness (QED) is 0.778. The Kier molecular flexibility index (Phi) is 3.97. The normalized spacial score (nSPS) is 10.8. The Morgan fingerprint density at radius 1 is 1.36 bits per heavy atom. The van der Waals surface area contributed by atoms with Gasteiger partial charge in [-0.05, 0) is 31.2 Å². The maximum atomic E-state index is 11.7. The molecule has 22 heavy (non-hydrogen) atoms. The van der Waals surface area contributed by atoms with E-state index in [0.29, 0.717) is 0 Å². The van der Waals surface area contributed by atoms with Gasteiger partial charge in [0.25, 0.3) is 0 Å². The molecule has 3 aromatic rings. The van der Waals surface area contributed by atoms with Gasteiger partial charge in [0.15, 0.2) is 0 Å². The molecule has 1 N–H and O–H groups in total. The number of hydrogen-bond acceptors (Lipinski definition) is 5. The summed E-state index contributed by atoms with van der Waals surface area (Å²) in [5, 5.41) is 7.50. The molecule has 3 rings (SSSR count). The zero-order valence-electron chi connectivity index (χ0n) is 11.9. The van der Waals surface area contributed by atoms with Gasteiger partial charge in [-0.25, -0.2) is 9.67 Å². The fraction of sp³-hybridized carbons (Fsp3) is 0.200. The highest BCUT2D eigenvalue weighted by atomic mass is 32.1. The van der Waals surface area contributed by atoms with Crippen LogP contribution in [-0.2, 0) is 16.0 Å². The van der Waals surface area contributed by atoms with Crippen molar-refractivity contribution in [2.75, 3.05) is 6.54 Å². The minimum atomic E-state index is -0.193. The molecule has 0 aliphatic heterocycles. The van der Waals surface area contributed by atoms with E-state index < -0.39 is 0 Å². The maximum absolute atomic E-state index is 11.7. The third-order valence-electron chi connectivity index (χ3n) is 3.03. The summed E-state index contributed by atoms with van der Waals surface area (Å²) in [5.41, 5.74) is 1.81. The molecule has 0 saturated heterocycles. The van der Waals surface area contributed by atoms with Crippen molar-refractivity contribution in [3.8, 4) is 5.69 Å². The number of thiazole rings is 1. The predicted octanol–water partition coefficient (Wildman–Crippen LogP) is 1.73. The lowest BCUT2D eigenvalue weighted by molar-refractivity contribution is -0.124. The fourth-order valence-electron chi connectivity index (χ4n) is 2.02. The van der Waals surface area contributed by atoms with Gasteiger partial charge in [0.05, 0.1) is 28.9 Å². The van der Waals surface area contributed by atoms with Crippen molar-refractivity contribution >= 4 is 33.2 Å². The second-order valence-corrected chi connectivity index (χ2v) is 5.98. The number of carbonyl (C=O) groups is 2. The van der Waals surface area contributed by atoms with Gasteiger partial charge in [-0.2, -0.15) is 5.10 Å². The van der Waals surface area contributed by atoms with Gasteiger partial charge in [-0.1, -0.05) is 0 Å². The predicted molar refractivity (Wildman–Crippen MR) is 84.1 cm³/mol. The molecule has 0 atom stereocenters. The Morgan fingerprint density at radius 2 is 2.23 bits per heavy atom. The summed E-state index contributed by atoms with van der Waals surface area (Å²) in [6.07, 6.45) is 3.78. The summed E-state index contributed by atoms with van der Waals surface area (Å²) >= 11 is 1.47. The van der Waals surface area contributed by atoms with E-state index in [1.165, 1.54) is 18.3 Å². The first-order valence-electron chi connectivity index (χ1n) is 6.77. The Morgan fingerprint density at radius 3 is 2.95 bits per heavy atom. The van der Waals surface area contributed by atoms with Gasteiger partial charge in [-0.15, -0.1) is 11.3 Å². The average molecular weight is 314 g/mol. The summed E-state index contributed by atoms with van der Waals surface area (Å²) in [7, 11) is 0. The molecule has 7 heteroatoms. The minimum absolute atomic E-state index is 0.0627. The van der Waals surface area contributed by atoms with E-state index in [2.05, 4.69) is 15.4 Å². The summed E-state index contributed by atoms with van der Waals surface area (Å²) in [4.78, 5) is 27.0. The molecule has 0 fully saturated rings. The zero-order valence-corrected chi connectivity index (χ0v) is 12.8. The maximum Gasteiger partial charge on any atom is 0.227 e. The van der Waals surface area contributed by atoms with Crippen LogP contribution in [0.1, 0.15) is 11.9 Å². The Hall–Kier alpha value is -2.54. The van der Waals surface area contributed by atoms with Crippen LogP contribution in [0.3, 0.4) is 0 Å². The Bertz CT molecular complexity index is 823. The molecule has 112 valence electrons. The average Bonchev–Trinajstić information content (AvgIpc) is 3.13. The van der Waals surface area contributed by atoms with Crippen LogP contribution in [0.25, 0.3) is 15.9 Å². The molecule has 0 unspecified atom stereocenters. The van der Waals surface area contributed by atoms with Gasteiger partial charge < -0.3 is 5.32 Å². The van der Waals surface area contributed by atoms with Crippen LogP contribution in [0.2, 0.25) is 0 Å². The first-order chi connectivity index (χ1) is 10.6. The molecular formula is C15H14N4O2S. The van der Waals surface area contributed by atoms with Crippen LogP contribution in [0.15, 0.2) is 36.7 Å². The number of nitrogens with zero attached hydrogens (tertiary/aromatic N) is 3. The molecule has 0 saturated carbocycles. The number of fused-ring (bicyclic) bond motifs is 1. The van der Waals surface area contributed by atoms with Crippen LogP contribution in [-0.4, -0.2) is 33.0 Å². The number of ketones is 1. The summed E-state index contributed by atoms with van der Waals surface area (Å²) < 4.78 is 2.78. The van der Waals surface area contributed by atoms with Crippen molar-refractivity contribution < 1.29 is 9.59 Å². The number of amides is 1. The second kappa shape index (κ2) is 6.07. The largest absolute Gasteiger partial charge is 0.349 e. The number of Topliss-reactive ketones (excluding diaryl/α,β-unsaturated/α-hetero) is 1. The van der Waals surface area contributed by atoms with Gasteiger partial charge in [0.2, 0.25) is 5.91 Å². The zero-order chi connectivity index (χ0) is 15.5. The number of rotatable bonds is 5. The molecule has 0 bridgehead atoms. The molecule has 6 nitrogen and oxygen atoms in total. The van der Waals surface area contributed by atoms with E-state index in [9.17, 15) is 9.59 Å². The van der Waals surface area contributed by atoms with Crippen molar-refractivity contribution in [3.63, 3.8) is 0 Å². The Balaban J connectivity index is 1.78. The minimum Gasteiger partial charge on any atom is -0.349 e. The van der Waals surface area contributed by atoms with Crippen molar-refractivity contribution in [1.82, 2.24) is 20.1 Å². The topological polar surface area (TPSA) is 76.9 Å². The number of nitrogens with one attached hydrogen (secondary N) is 1. The lowest BCUT2D eigenvalue weighted by Gasteiger charge is -1.99. The highest BCUT2D eigenvalue weighted by molar-refractivity contribution is 7.18. The van der Waals surface area contributed by atoms with Crippen molar-refractivity contribution in [2.45, 2.75) is 13.3 Å². The van der Waals surface area contributed by atoms with E-state index in [1.54, 1.807) is 10.9 Å². The van der Waals surface area contributed by atoms with Gasteiger partial charge in [-0.3, -0.25) is 9.59 Å². The monoisotopic (exact) mass is 314 g/mol.